The van der Waals surface area contributed by atoms with Crippen molar-refractivity contribution in [2.45, 2.75) is 26.4 Å². The molecule has 0 saturated carbocycles. The Bertz CT molecular complexity index is 1810. The average Bonchev–Trinajstić information content (AvgIpc) is 3.29. The zero-order valence-electron chi connectivity index (χ0n) is 24.2. The van der Waals surface area contributed by atoms with Crippen molar-refractivity contribution < 1.29 is 28.7 Å². The third-order valence-electron chi connectivity index (χ3n) is 6.89. The number of fused-ring (bicyclic) bond motifs is 1. The van der Waals surface area contributed by atoms with E-state index in [4.69, 9.17) is 32.7 Å². The quantitative estimate of drug-likeness (QED) is 0.0978. The van der Waals surface area contributed by atoms with Gasteiger partial charge in [-0.2, -0.15) is 0 Å². The van der Waals surface area contributed by atoms with E-state index in [1.807, 2.05) is 55.5 Å². The van der Waals surface area contributed by atoms with Crippen LogP contribution >= 0.6 is 35.0 Å². The molecule has 230 valence electrons. The van der Waals surface area contributed by atoms with Crippen molar-refractivity contribution in [1.29, 1.82) is 0 Å². The fraction of sp³-hybridized carbons (Fsp3) is 0.176. The van der Waals surface area contributed by atoms with E-state index in [0.717, 1.165) is 39.4 Å². The number of rotatable bonds is 11. The predicted molar refractivity (Wildman–Crippen MR) is 178 cm³/mol. The average molecular weight is 664 g/mol. The first kappa shape index (κ1) is 32.1. The lowest BCUT2D eigenvalue weighted by Gasteiger charge is -2.14. The molecule has 0 unspecified atom stereocenters. The van der Waals surface area contributed by atoms with Crippen LogP contribution in [0.15, 0.2) is 83.8 Å². The summed E-state index contributed by atoms with van der Waals surface area (Å²) >= 11 is 12.9. The molecule has 1 aliphatic heterocycles. The Balaban J connectivity index is 1.32. The van der Waals surface area contributed by atoms with E-state index >= 15 is 0 Å². The van der Waals surface area contributed by atoms with Crippen LogP contribution in [0.3, 0.4) is 0 Å². The topological polar surface area (TPSA) is 102 Å². The molecule has 0 bridgehead atoms. The van der Waals surface area contributed by atoms with Gasteiger partial charge in [-0.25, -0.2) is 4.79 Å². The summed E-state index contributed by atoms with van der Waals surface area (Å²) in [5, 5.41) is 4.60. The molecule has 11 heteroatoms. The van der Waals surface area contributed by atoms with Crippen LogP contribution in [0, 0.1) is 0 Å². The molecule has 0 atom stereocenters. The number of anilines is 1. The third kappa shape index (κ3) is 7.86. The van der Waals surface area contributed by atoms with E-state index in [2.05, 4.69) is 5.32 Å². The maximum atomic E-state index is 13.4. The van der Waals surface area contributed by atoms with E-state index in [9.17, 15) is 19.2 Å². The number of carbonyl (C=O) groups excluding carboxylic acids is 4. The van der Waals surface area contributed by atoms with E-state index in [-0.39, 0.29) is 34.4 Å². The molecule has 1 fully saturated rings. The Morgan fingerprint density at radius 3 is 2.53 bits per heavy atom. The highest BCUT2D eigenvalue weighted by molar-refractivity contribution is 8.18. The lowest BCUT2D eigenvalue weighted by atomic mass is 10.0. The van der Waals surface area contributed by atoms with Gasteiger partial charge in [0.1, 0.15) is 18.9 Å². The standard InChI is InChI=1S/C34H28Cl2N2O6S/c1-2-3-16-43-33(41)27-17-24(13-14-28(27)36)37-31(39)19-38-32(40)30(45-34(38)42)18-26-25-7-5-4-6-22(25)10-15-29(26)44-20-21-8-11-23(35)12-9-21/h4-15,17-18H,2-3,16,19-20H2,1H3,(H,37,39)/b30-18+. The maximum absolute atomic E-state index is 13.4. The van der Waals surface area contributed by atoms with Gasteiger partial charge in [0.05, 0.1) is 22.1 Å². The van der Waals surface area contributed by atoms with Crippen LogP contribution in [-0.2, 0) is 20.9 Å². The normalized spacial score (nSPS) is 13.8. The van der Waals surface area contributed by atoms with Crippen LogP contribution < -0.4 is 10.1 Å². The van der Waals surface area contributed by atoms with Crippen LogP contribution in [0.5, 0.6) is 5.75 Å². The Hall–Kier alpha value is -4.31. The lowest BCUT2D eigenvalue weighted by Crippen LogP contribution is -2.36. The third-order valence-corrected chi connectivity index (χ3v) is 8.38. The summed E-state index contributed by atoms with van der Waals surface area (Å²) in [6.45, 7) is 1.98. The van der Waals surface area contributed by atoms with Gasteiger partial charge < -0.3 is 14.8 Å². The largest absolute Gasteiger partial charge is 0.488 e. The highest BCUT2D eigenvalue weighted by atomic mass is 35.5. The number of benzene rings is 4. The summed E-state index contributed by atoms with van der Waals surface area (Å²) in [6.07, 6.45) is 3.20. The molecule has 0 aromatic heterocycles. The summed E-state index contributed by atoms with van der Waals surface area (Å²) in [5.41, 5.74) is 1.92. The van der Waals surface area contributed by atoms with Crippen LogP contribution in [0.4, 0.5) is 10.5 Å². The Morgan fingerprint density at radius 1 is 0.978 bits per heavy atom. The minimum atomic E-state index is -0.622. The summed E-state index contributed by atoms with van der Waals surface area (Å²) in [6, 6.07) is 23.1. The van der Waals surface area contributed by atoms with Crippen molar-refractivity contribution in [2.24, 2.45) is 0 Å². The van der Waals surface area contributed by atoms with Gasteiger partial charge in [-0.05, 0) is 77.0 Å². The number of esters is 1. The molecule has 0 spiro atoms. The molecule has 1 saturated heterocycles. The Labute approximate surface area is 274 Å². The maximum Gasteiger partial charge on any atom is 0.339 e. The number of nitrogens with one attached hydrogen (secondary N) is 1. The summed E-state index contributed by atoms with van der Waals surface area (Å²) < 4.78 is 11.4. The van der Waals surface area contributed by atoms with Crippen molar-refractivity contribution in [3.05, 3.63) is 111 Å². The molecule has 0 radical (unpaired) electrons. The molecular weight excluding hydrogens is 635 g/mol. The highest BCUT2D eigenvalue weighted by Crippen LogP contribution is 2.37. The number of hydrogen-bond donors (Lipinski definition) is 1. The van der Waals surface area contributed by atoms with Gasteiger partial charge in [-0.1, -0.05) is 79.0 Å². The fourth-order valence-corrected chi connectivity index (χ4v) is 5.69. The molecule has 8 nitrogen and oxygen atoms in total. The van der Waals surface area contributed by atoms with Crippen molar-refractivity contribution in [3.8, 4) is 5.75 Å². The predicted octanol–water partition coefficient (Wildman–Crippen LogP) is 8.36. The van der Waals surface area contributed by atoms with E-state index < -0.39 is 29.6 Å². The van der Waals surface area contributed by atoms with Crippen LogP contribution in [0.1, 0.15) is 41.3 Å². The molecule has 1 aliphatic rings. The van der Waals surface area contributed by atoms with Gasteiger partial charge in [-0.3, -0.25) is 19.3 Å². The molecule has 1 N–H and O–H groups in total. The highest BCUT2D eigenvalue weighted by Gasteiger charge is 2.36. The number of ether oxygens (including phenoxy) is 2. The van der Waals surface area contributed by atoms with Crippen LogP contribution in [0.25, 0.3) is 16.8 Å². The van der Waals surface area contributed by atoms with E-state index in [0.29, 0.717) is 22.8 Å². The lowest BCUT2D eigenvalue weighted by molar-refractivity contribution is -0.127. The molecule has 0 aliphatic carbocycles. The van der Waals surface area contributed by atoms with Gasteiger partial charge in [0, 0.05) is 16.3 Å². The number of amides is 3. The van der Waals surface area contributed by atoms with E-state index in [1.165, 1.54) is 18.2 Å². The van der Waals surface area contributed by atoms with Gasteiger partial charge in [-0.15, -0.1) is 0 Å². The first-order valence-corrected chi connectivity index (χ1v) is 15.7. The number of carbonyl (C=O) groups is 4. The number of imide groups is 1. The summed E-state index contributed by atoms with van der Waals surface area (Å²) in [7, 11) is 0. The Kier molecular flexibility index (Phi) is 10.4. The van der Waals surface area contributed by atoms with Gasteiger partial charge in [0.2, 0.25) is 5.91 Å². The van der Waals surface area contributed by atoms with Crippen LogP contribution in [0.2, 0.25) is 10.0 Å². The number of unbranched alkanes of at least 4 members (excludes halogenated alkanes) is 1. The fourth-order valence-electron chi connectivity index (χ4n) is 4.55. The molecule has 45 heavy (non-hydrogen) atoms. The minimum Gasteiger partial charge on any atom is -0.488 e. The smallest absolute Gasteiger partial charge is 0.339 e. The Morgan fingerprint density at radius 2 is 1.76 bits per heavy atom. The molecule has 4 aromatic carbocycles. The second-order valence-electron chi connectivity index (χ2n) is 10.1. The second kappa shape index (κ2) is 14.6. The molecule has 3 amide bonds. The van der Waals surface area contributed by atoms with Crippen molar-refractivity contribution in [3.63, 3.8) is 0 Å². The van der Waals surface area contributed by atoms with Crippen molar-refractivity contribution in [2.75, 3.05) is 18.5 Å². The number of halogens is 2. The van der Waals surface area contributed by atoms with Crippen LogP contribution in [-0.4, -0.2) is 41.1 Å². The first-order chi connectivity index (χ1) is 21.7. The van der Waals surface area contributed by atoms with Crippen molar-refractivity contribution >= 4 is 80.5 Å². The molecule has 1 heterocycles. The van der Waals surface area contributed by atoms with Gasteiger partial charge >= 0.3 is 5.97 Å². The molecular formula is C34H28Cl2N2O6S. The van der Waals surface area contributed by atoms with Gasteiger partial charge in [0.15, 0.2) is 0 Å². The SMILES string of the molecule is CCCCOC(=O)c1cc(NC(=O)CN2C(=O)S/C(=C/c3c(OCc4ccc(Cl)cc4)ccc4ccccc34)C2=O)ccc1Cl. The monoisotopic (exact) mass is 662 g/mol. The zero-order valence-corrected chi connectivity index (χ0v) is 26.5. The summed E-state index contributed by atoms with van der Waals surface area (Å²) in [4.78, 5) is 52.6. The first-order valence-electron chi connectivity index (χ1n) is 14.1. The number of hydrogen-bond acceptors (Lipinski definition) is 7. The summed E-state index contributed by atoms with van der Waals surface area (Å²) in [5.74, 6) is -1.30. The van der Waals surface area contributed by atoms with Crippen molar-refractivity contribution in [1.82, 2.24) is 4.90 Å². The number of nitrogens with zero attached hydrogens (tertiary/aromatic N) is 1. The minimum absolute atomic E-state index is 0.101. The van der Waals surface area contributed by atoms with Gasteiger partial charge in [0.25, 0.3) is 11.1 Å². The molecule has 5 rings (SSSR count). The number of thioether (sulfide) groups is 1. The molecule has 4 aromatic rings. The van der Waals surface area contributed by atoms with E-state index in [1.54, 1.807) is 18.2 Å². The zero-order chi connectivity index (χ0) is 31.9. The second-order valence-corrected chi connectivity index (χ2v) is 12.0.